The molecule has 3 aromatic rings. The molecule has 0 spiro atoms. The van der Waals surface area contributed by atoms with E-state index in [1.165, 1.54) is 19.2 Å². The highest BCUT2D eigenvalue weighted by Crippen LogP contribution is 2.33. The molecule has 2 saturated heterocycles. The Hall–Kier alpha value is -4.47. The first kappa shape index (κ1) is 50.2. The van der Waals surface area contributed by atoms with Crippen molar-refractivity contribution < 1.29 is 88.7 Å². The number of hydroxylamine groups is 2. The van der Waals surface area contributed by atoms with Crippen LogP contribution in [0.3, 0.4) is 0 Å². The zero-order chi connectivity index (χ0) is 45.0. The minimum atomic E-state index is -5.07. The zero-order valence-corrected chi connectivity index (χ0v) is 39.7. The smallest absolute Gasteiger partial charge is 0.418 e. The number of thiazole rings is 1. The number of hydrogen-bond donors (Lipinski definition) is 3. The van der Waals surface area contributed by atoms with Gasteiger partial charge in [0, 0.05) is 17.1 Å². The molecule has 2 unspecified atom stereocenters. The lowest BCUT2D eigenvalue weighted by molar-refractivity contribution is -0.917. The largest absolute Gasteiger partial charge is 1.00 e. The second kappa shape index (κ2) is 19.9. The number of likely N-dealkylation sites (N-methyl/N-ethyl adjacent to an activating group) is 1. The van der Waals surface area contributed by atoms with Gasteiger partial charge in [0.25, 0.3) is 17.9 Å². The SMILES string of the molecule is CC(C)(C)OC(=O)Nc1nc(C(=NOC(COc2ccc(-c3cnn(CC[N+]4(C)CCOCC4)c3)cc2)C(=O)OC(C)(C)C)C(=O)NC2C(=O)N(OS(=O)(=O)O)C2(C)C)cs1.[I-]. The summed E-state index contributed by atoms with van der Waals surface area (Å²) in [6, 6.07) is 5.72. The van der Waals surface area contributed by atoms with Gasteiger partial charge in [-0.15, -0.1) is 15.6 Å². The van der Waals surface area contributed by atoms with Gasteiger partial charge in [0.1, 0.15) is 48.4 Å². The van der Waals surface area contributed by atoms with Crippen LogP contribution in [0.15, 0.2) is 47.2 Å². The number of nitrogens with one attached hydrogen (secondary N) is 2. The van der Waals surface area contributed by atoms with Gasteiger partial charge in [-0.1, -0.05) is 17.3 Å². The summed E-state index contributed by atoms with van der Waals surface area (Å²) in [5.41, 5.74) is -2.17. The second-order valence-electron chi connectivity index (χ2n) is 17.2. The van der Waals surface area contributed by atoms with E-state index >= 15 is 0 Å². The van der Waals surface area contributed by atoms with Crippen LogP contribution in [-0.4, -0.2) is 142 Å². The van der Waals surface area contributed by atoms with Crippen molar-refractivity contribution in [2.45, 2.75) is 90.8 Å². The number of amides is 3. The van der Waals surface area contributed by atoms with Gasteiger partial charge < -0.3 is 57.6 Å². The van der Waals surface area contributed by atoms with Crippen molar-refractivity contribution in [2.24, 2.45) is 5.16 Å². The number of carbonyl (C=O) groups is 4. The van der Waals surface area contributed by atoms with Crippen LogP contribution in [0.4, 0.5) is 9.93 Å². The molecule has 2 atom stereocenters. The quantitative estimate of drug-likeness (QED) is 0.0330. The molecule has 4 heterocycles. The van der Waals surface area contributed by atoms with Gasteiger partial charge in [0.05, 0.1) is 45.1 Å². The van der Waals surface area contributed by atoms with Crippen LogP contribution in [-0.2, 0) is 54.7 Å². The van der Waals surface area contributed by atoms with Gasteiger partial charge in [0.2, 0.25) is 0 Å². The van der Waals surface area contributed by atoms with Crippen LogP contribution in [0.2, 0.25) is 0 Å². The number of quaternary nitrogens is 1. The van der Waals surface area contributed by atoms with Crippen molar-refractivity contribution in [3.05, 3.63) is 47.7 Å². The van der Waals surface area contributed by atoms with Crippen LogP contribution in [0, 0.1) is 0 Å². The third-order valence-corrected chi connectivity index (χ3v) is 10.4. The third kappa shape index (κ3) is 14.0. The predicted octanol–water partition coefficient (Wildman–Crippen LogP) is 0.184. The van der Waals surface area contributed by atoms with E-state index in [-0.39, 0.29) is 34.8 Å². The molecule has 62 heavy (non-hydrogen) atoms. The first-order valence-corrected chi connectivity index (χ1v) is 21.5. The number of nitrogens with zero attached hydrogens (tertiary/aromatic N) is 6. The van der Waals surface area contributed by atoms with Crippen LogP contribution in [0.25, 0.3) is 11.1 Å². The van der Waals surface area contributed by atoms with Gasteiger partial charge in [-0.05, 0) is 73.1 Å². The van der Waals surface area contributed by atoms with Gasteiger partial charge in [0.15, 0.2) is 10.8 Å². The van der Waals surface area contributed by atoms with Gasteiger partial charge in [-0.2, -0.15) is 18.6 Å². The summed E-state index contributed by atoms with van der Waals surface area (Å²) in [6.45, 7) is 17.4. The average Bonchev–Trinajstić information content (AvgIpc) is 3.82. The maximum atomic E-state index is 13.8. The number of carbonyl (C=O) groups excluding carboxylic acids is 4. The summed E-state index contributed by atoms with van der Waals surface area (Å²) < 4.78 is 61.3. The number of esters is 1. The number of morpholine rings is 1. The molecule has 0 aliphatic carbocycles. The second-order valence-corrected chi connectivity index (χ2v) is 19.0. The highest BCUT2D eigenvalue weighted by atomic mass is 127. The minimum Gasteiger partial charge on any atom is -1.00 e. The molecule has 3 N–H and O–H groups in total. The lowest BCUT2D eigenvalue weighted by Crippen LogP contribution is -3.00. The topological polar surface area (TPSA) is 248 Å². The number of benzene rings is 1. The van der Waals surface area contributed by atoms with E-state index < -0.39 is 75.5 Å². The first-order chi connectivity index (χ1) is 28.3. The van der Waals surface area contributed by atoms with E-state index in [1.54, 1.807) is 59.9 Å². The Morgan fingerprint density at radius 2 is 1.71 bits per heavy atom. The van der Waals surface area contributed by atoms with Crippen molar-refractivity contribution >= 4 is 56.5 Å². The fourth-order valence-electron chi connectivity index (χ4n) is 5.98. The lowest BCUT2D eigenvalue weighted by Gasteiger charge is -2.50. The van der Waals surface area contributed by atoms with Crippen molar-refractivity contribution in [2.75, 3.05) is 51.8 Å². The molecule has 21 nitrogen and oxygen atoms in total. The standard InChI is InChI=1S/C38H52N8O13S2.HI/c1-36(2,3)56-33(49)28(22-55-26-12-10-24(11-13-26)25-20-39-44(21-25)14-15-46(9)16-18-54-19-17-46)58-43-29(27-23-60-34(40-27)42-35(50)57-37(4,5)6)31(47)41-30-32(48)45(38(30,7)8)59-61(51,52)53;/h10-13,20-21,23,28,30H,14-19,22H2,1-9H3,(H2-,40,41,42,47,50,51,52,53);1H. The number of anilines is 1. The monoisotopic (exact) mass is 1020 g/mol. The van der Waals surface area contributed by atoms with Crippen LogP contribution < -0.4 is 39.3 Å². The molecule has 2 aromatic heterocycles. The highest BCUT2D eigenvalue weighted by Gasteiger charge is 2.58. The maximum Gasteiger partial charge on any atom is 0.418 e. The molecular weight excluding hydrogens is 967 g/mol. The summed E-state index contributed by atoms with van der Waals surface area (Å²) in [5, 5.41) is 15.2. The molecule has 5 rings (SSSR count). The number of ether oxygens (including phenoxy) is 4. The molecule has 1 aromatic carbocycles. The molecule has 0 bridgehead atoms. The van der Waals surface area contributed by atoms with Crippen LogP contribution >= 0.6 is 11.3 Å². The van der Waals surface area contributed by atoms with Crippen LogP contribution in [0.1, 0.15) is 61.1 Å². The predicted molar refractivity (Wildman–Crippen MR) is 219 cm³/mol. The molecule has 2 fully saturated rings. The van der Waals surface area contributed by atoms with Crippen molar-refractivity contribution in [1.29, 1.82) is 0 Å². The Balaban J connectivity index is 0.00000845. The van der Waals surface area contributed by atoms with Gasteiger partial charge >= 0.3 is 22.5 Å². The van der Waals surface area contributed by atoms with E-state index in [2.05, 4.69) is 37.2 Å². The van der Waals surface area contributed by atoms with Gasteiger partial charge in [-0.3, -0.25) is 24.1 Å². The number of aromatic nitrogens is 3. The number of oxime groups is 1. The molecular formula is C38H53IN8O13S2. The Morgan fingerprint density at radius 1 is 1.06 bits per heavy atom. The third-order valence-electron chi connectivity index (χ3n) is 9.27. The number of β-lactam (4-membered cyclic amide) rings is 1. The number of rotatable bonds is 16. The Morgan fingerprint density at radius 3 is 2.31 bits per heavy atom. The molecule has 342 valence electrons. The molecule has 24 heteroatoms. The van der Waals surface area contributed by atoms with Crippen molar-refractivity contribution in [3.63, 3.8) is 0 Å². The highest BCUT2D eigenvalue weighted by molar-refractivity contribution is 7.80. The summed E-state index contributed by atoms with van der Waals surface area (Å²) in [7, 11) is -2.85. The van der Waals surface area contributed by atoms with E-state index in [4.69, 9.17) is 28.3 Å². The summed E-state index contributed by atoms with van der Waals surface area (Å²) in [5.74, 6) is -2.57. The summed E-state index contributed by atoms with van der Waals surface area (Å²) >= 11 is 0.904. The normalized spacial score (nSPS) is 18.1. The Labute approximate surface area is 380 Å². The van der Waals surface area contributed by atoms with E-state index in [1.807, 2.05) is 23.0 Å². The van der Waals surface area contributed by atoms with E-state index in [0.717, 1.165) is 66.3 Å². The molecule has 0 saturated carbocycles. The molecule has 2 aliphatic rings. The fraction of sp³-hybridized carbons (Fsp3) is 0.553. The van der Waals surface area contributed by atoms with E-state index in [9.17, 15) is 27.6 Å². The number of hydrogen-bond acceptors (Lipinski definition) is 16. The fourth-order valence-corrected chi connectivity index (χ4v) is 7.12. The van der Waals surface area contributed by atoms with Gasteiger partial charge in [-0.25, -0.2) is 14.6 Å². The van der Waals surface area contributed by atoms with E-state index in [0.29, 0.717) is 10.8 Å². The Kier molecular flexibility index (Phi) is 16.1. The molecule has 3 amide bonds. The Bertz CT molecular complexity index is 2210. The van der Waals surface area contributed by atoms with Crippen molar-refractivity contribution in [3.8, 4) is 16.9 Å². The molecule has 0 radical (unpaired) electrons. The van der Waals surface area contributed by atoms with Crippen molar-refractivity contribution in [1.82, 2.24) is 25.1 Å². The van der Waals surface area contributed by atoms with Crippen LogP contribution in [0.5, 0.6) is 5.75 Å². The summed E-state index contributed by atoms with van der Waals surface area (Å²) in [4.78, 5) is 62.5. The maximum absolute atomic E-state index is 13.8. The number of halogens is 1. The lowest BCUT2D eigenvalue weighted by atomic mass is 9.84. The molecule has 2 aliphatic heterocycles. The summed E-state index contributed by atoms with van der Waals surface area (Å²) in [6.07, 6.45) is 1.39. The minimum absolute atomic E-state index is 0. The first-order valence-electron chi connectivity index (χ1n) is 19.2. The zero-order valence-electron chi connectivity index (χ0n) is 35.9. The average molecular weight is 1020 g/mol.